The van der Waals surface area contributed by atoms with Crippen molar-refractivity contribution in [3.8, 4) is 0 Å². The summed E-state index contributed by atoms with van der Waals surface area (Å²) in [4.78, 5) is 11.4. The lowest BCUT2D eigenvalue weighted by molar-refractivity contribution is -0.119. The van der Waals surface area contributed by atoms with E-state index in [1.165, 1.54) is 7.11 Å². The number of rotatable bonds is 7. The maximum atomic E-state index is 11.4. The highest BCUT2D eigenvalue weighted by Gasteiger charge is 2.07. The molecule has 0 saturated heterocycles. The van der Waals surface area contributed by atoms with E-state index >= 15 is 0 Å². The van der Waals surface area contributed by atoms with Crippen LogP contribution in [-0.2, 0) is 9.53 Å². The number of hydrogen-bond acceptors (Lipinski definition) is 4. The molecule has 0 radical (unpaired) electrons. The number of ether oxygens (including phenoxy) is 1. The van der Waals surface area contributed by atoms with Crippen LogP contribution in [0, 0.1) is 0 Å². The van der Waals surface area contributed by atoms with Gasteiger partial charge in [0, 0.05) is 37.1 Å². The molecule has 0 bridgehead atoms. The maximum Gasteiger partial charge on any atom is 0.250 e. The first-order valence-corrected chi connectivity index (χ1v) is 6.78. The van der Waals surface area contributed by atoms with Gasteiger partial charge in [0.1, 0.15) is 6.61 Å². The Morgan fingerprint density at radius 3 is 2.55 bits per heavy atom. The summed E-state index contributed by atoms with van der Waals surface area (Å²) in [5.41, 5.74) is 1.87. The third-order valence-electron chi connectivity index (χ3n) is 2.53. The Morgan fingerprint density at radius 1 is 1.20 bits per heavy atom. The van der Waals surface area contributed by atoms with Gasteiger partial charge < -0.3 is 20.7 Å². The minimum absolute atomic E-state index is 0.0627. The molecule has 1 aromatic carbocycles. The highest BCUT2D eigenvalue weighted by atomic mass is 16.5. The zero-order valence-corrected chi connectivity index (χ0v) is 12.7. The molecule has 1 aromatic rings. The third-order valence-corrected chi connectivity index (χ3v) is 2.53. The van der Waals surface area contributed by atoms with E-state index in [2.05, 4.69) is 36.7 Å². The second kappa shape index (κ2) is 7.87. The quantitative estimate of drug-likeness (QED) is 0.669. The Labute approximate surface area is 121 Å². The normalized spacial score (nSPS) is 11.2. The summed E-state index contributed by atoms with van der Waals surface area (Å²) in [5.74, 6) is -0.154. The smallest absolute Gasteiger partial charge is 0.250 e. The molecule has 0 heterocycles. The molecule has 3 N–H and O–H groups in total. The molecule has 5 nitrogen and oxygen atoms in total. The highest BCUT2D eigenvalue weighted by molar-refractivity contribution is 5.92. The van der Waals surface area contributed by atoms with Crippen molar-refractivity contribution in [3.05, 3.63) is 24.3 Å². The van der Waals surface area contributed by atoms with Crippen LogP contribution in [0.2, 0.25) is 0 Å². The van der Waals surface area contributed by atoms with Crippen LogP contribution in [0.15, 0.2) is 24.3 Å². The molecule has 0 atom stereocenters. The molecular formula is C15H25N3O2. The zero-order valence-electron chi connectivity index (χ0n) is 12.7. The average molecular weight is 279 g/mol. The van der Waals surface area contributed by atoms with Gasteiger partial charge in [-0.2, -0.15) is 0 Å². The van der Waals surface area contributed by atoms with Crippen LogP contribution < -0.4 is 16.0 Å². The van der Waals surface area contributed by atoms with E-state index in [9.17, 15) is 4.79 Å². The monoisotopic (exact) mass is 279 g/mol. The van der Waals surface area contributed by atoms with E-state index in [0.29, 0.717) is 0 Å². The van der Waals surface area contributed by atoms with Crippen molar-refractivity contribution in [3.63, 3.8) is 0 Å². The van der Waals surface area contributed by atoms with Crippen LogP contribution >= 0.6 is 0 Å². The first-order chi connectivity index (χ1) is 9.40. The highest BCUT2D eigenvalue weighted by Crippen LogP contribution is 2.14. The van der Waals surface area contributed by atoms with Crippen molar-refractivity contribution in [2.45, 2.75) is 26.3 Å². The van der Waals surface area contributed by atoms with E-state index in [-0.39, 0.29) is 18.1 Å². The Morgan fingerprint density at radius 2 is 1.90 bits per heavy atom. The molecule has 5 heteroatoms. The summed E-state index contributed by atoms with van der Waals surface area (Å²) in [7, 11) is 1.50. The van der Waals surface area contributed by atoms with Crippen LogP contribution in [0.1, 0.15) is 20.8 Å². The van der Waals surface area contributed by atoms with Gasteiger partial charge in [0.2, 0.25) is 5.91 Å². The van der Waals surface area contributed by atoms with E-state index < -0.39 is 0 Å². The summed E-state index contributed by atoms with van der Waals surface area (Å²) in [6.07, 6.45) is 0. The Balaban J connectivity index is 2.41. The van der Waals surface area contributed by atoms with E-state index in [0.717, 1.165) is 24.5 Å². The number of carbonyl (C=O) groups excluding carboxylic acids is 1. The first kappa shape index (κ1) is 16.5. The van der Waals surface area contributed by atoms with Crippen LogP contribution in [0.25, 0.3) is 0 Å². The third kappa shape index (κ3) is 7.11. The van der Waals surface area contributed by atoms with E-state index in [1.54, 1.807) is 0 Å². The number of benzene rings is 1. The molecule has 0 spiro atoms. The summed E-state index contributed by atoms with van der Waals surface area (Å²) >= 11 is 0. The van der Waals surface area contributed by atoms with Crippen LogP contribution in [-0.4, -0.2) is 38.3 Å². The lowest BCUT2D eigenvalue weighted by atomic mass is 10.1. The van der Waals surface area contributed by atoms with Crippen LogP contribution in [0.3, 0.4) is 0 Å². The van der Waals surface area contributed by atoms with Gasteiger partial charge in [-0.1, -0.05) is 6.07 Å². The van der Waals surface area contributed by atoms with Gasteiger partial charge in [-0.25, -0.2) is 0 Å². The fraction of sp³-hybridized carbons (Fsp3) is 0.533. The van der Waals surface area contributed by atoms with Gasteiger partial charge in [0.15, 0.2) is 0 Å². The van der Waals surface area contributed by atoms with Crippen molar-refractivity contribution < 1.29 is 9.53 Å². The lowest BCUT2D eigenvalue weighted by Gasteiger charge is -2.20. The largest absolute Gasteiger partial charge is 0.384 e. The number of carbonyl (C=O) groups is 1. The summed E-state index contributed by atoms with van der Waals surface area (Å²) < 4.78 is 4.78. The SMILES string of the molecule is COCC(=O)Nc1cccc(NCCNC(C)(C)C)c1. The van der Waals surface area contributed by atoms with Crippen LogP contribution in [0.5, 0.6) is 0 Å². The summed E-state index contributed by atoms with van der Waals surface area (Å²) in [5, 5.41) is 9.50. The first-order valence-electron chi connectivity index (χ1n) is 6.78. The van der Waals surface area contributed by atoms with Gasteiger partial charge in [0.05, 0.1) is 0 Å². The number of hydrogen-bond donors (Lipinski definition) is 3. The van der Waals surface area contributed by atoms with Gasteiger partial charge in [-0.05, 0) is 39.0 Å². The second-order valence-corrected chi connectivity index (χ2v) is 5.67. The van der Waals surface area contributed by atoms with Gasteiger partial charge >= 0.3 is 0 Å². The second-order valence-electron chi connectivity index (χ2n) is 5.67. The Kier molecular flexibility index (Phi) is 6.48. The number of anilines is 2. The van der Waals surface area contributed by atoms with E-state index in [1.807, 2.05) is 24.3 Å². The predicted octanol–water partition coefficient (Wildman–Crippen LogP) is 2.07. The van der Waals surface area contributed by atoms with Crippen molar-refractivity contribution >= 4 is 17.3 Å². The fourth-order valence-corrected chi connectivity index (χ4v) is 1.68. The fourth-order valence-electron chi connectivity index (χ4n) is 1.68. The summed E-state index contributed by atoms with van der Waals surface area (Å²) in [6, 6.07) is 7.64. The molecule has 0 aliphatic heterocycles. The van der Waals surface area contributed by atoms with Crippen LogP contribution in [0.4, 0.5) is 11.4 Å². The standard InChI is InChI=1S/C15H25N3O2/c1-15(2,3)17-9-8-16-12-6-5-7-13(10-12)18-14(19)11-20-4/h5-7,10,16-17H,8-9,11H2,1-4H3,(H,18,19). The molecular weight excluding hydrogens is 254 g/mol. The maximum absolute atomic E-state index is 11.4. The molecule has 0 aliphatic carbocycles. The molecule has 0 aromatic heterocycles. The average Bonchev–Trinajstić information content (AvgIpc) is 2.34. The predicted molar refractivity (Wildman–Crippen MR) is 83.2 cm³/mol. The minimum atomic E-state index is -0.154. The van der Waals surface area contributed by atoms with Crippen molar-refractivity contribution in [2.75, 3.05) is 37.4 Å². The number of amides is 1. The summed E-state index contributed by atoms with van der Waals surface area (Å²) in [6.45, 7) is 8.18. The topological polar surface area (TPSA) is 62.4 Å². The molecule has 0 saturated carbocycles. The van der Waals surface area contributed by atoms with Crippen molar-refractivity contribution in [2.24, 2.45) is 0 Å². The molecule has 112 valence electrons. The molecule has 0 unspecified atom stereocenters. The minimum Gasteiger partial charge on any atom is -0.384 e. The molecule has 20 heavy (non-hydrogen) atoms. The lowest BCUT2D eigenvalue weighted by Crippen LogP contribution is -2.38. The number of nitrogens with one attached hydrogen (secondary N) is 3. The van der Waals surface area contributed by atoms with Gasteiger partial charge in [-0.3, -0.25) is 4.79 Å². The number of methoxy groups -OCH3 is 1. The van der Waals surface area contributed by atoms with E-state index in [4.69, 9.17) is 4.74 Å². The Bertz CT molecular complexity index is 427. The molecule has 0 aliphatic rings. The molecule has 0 fully saturated rings. The van der Waals surface area contributed by atoms with Gasteiger partial charge in [-0.15, -0.1) is 0 Å². The molecule has 1 rings (SSSR count). The Hall–Kier alpha value is -1.59. The zero-order chi connectivity index (χ0) is 15.0. The van der Waals surface area contributed by atoms with Gasteiger partial charge in [0.25, 0.3) is 0 Å². The van der Waals surface area contributed by atoms with Crippen molar-refractivity contribution in [1.29, 1.82) is 0 Å². The molecule has 1 amide bonds. The van der Waals surface area contributed by atoms with Crippen molar-refractivity contribution in [1.82, 2.24) is 5.32 Å².